The summed E-state index contributed by atoms with van der Waals surface area (Å²) < 4.78 is 26.5. The SMILES string of the molecule is C=CC[C@@]1(C(=O)NCc2ccccc2F)N=C(c2ccc(OCCCO)cc2)O[C@@H]1c1ccc(-c2ccccc2)cc1. The van der Waals surface area contributed by atoms with E-state index in [2.05, 4.69) is 11.9 Å². The molecule has 2 N–H and O–H groups in total. The summed E-state index contributed by atoms with van der Waals surface area (Å²) >= 11 is 0. The van der Waals surface area contributed by atoms with Crippen LogP contribution in [0.4, 0.5) is 4.39 Å². The van der Waals surface area contributed by atoms with E-state index in [-0.39, 0.29) is 25.5 Å². The average Bonchev–Trinajstić information content (AvgIpc) is 3.42. The van der Waals surface area contributed by atoms with Crippen molar-refractivity contribution in [3.8, 4) is 16.9 Å². The molecule has 4 aromatic carbocycles. The van der Waals surface area contributed by atoms with Crippen LogP contribution in [0.5, 0.6) is 5.75 Å². The Morgan fingerprint density at radius 2 is 1.62 bits per heavy atom. The smallest absolute Gasteiger partial charge is 0.252 e. The zero-order valence-corrected chi connectivity index (χ0v) is 23.2. The molecule has 0 unspecified atom stereocenters. The maximum atomic E-state index is 14.4. The predicted octanol–water partition coefficient (Wildman–Crippen LogP) is 6.40. The number of hydrogen-bond acceptors (Lipinski definition) is 5. The average molecular weight is 565 g/mol. The Balaban J connectivity index is 1.48. The third kappa shape index (κ3) is 6.26. The largest absolute Gasteiger partial charge is 0.494 e. The molecule has 214 valence electrons. The van der Waals surface area contributed by atoms with Crippen LogP contribution in [-0.2, 0) is 16.1 Å². The fraction of sp³-hybridized carbons (Fsp3) is 0.200. The molecule has 0 radical (unpaired) electrons. The highest BCUT2D eigenvalue weighted by Gasteiger charge is 2.52. The van der Waals surface area contributed by atoms with Gasteiger partial charge in [0.05, 0.1) is 6.61 Å². The number of carbonyl (C=O) groups is 1. The molecule has 5 rings (SSSR count). The molecular weight excluding hydrogens is 531 g/mol. The number of benzene rings is 4. The molecule has 42 heavy (non-hydrogen) atoms. The van der Waals surface area contributed by atoms with Crippen LogP contribution in [0.15, 0.2) is 121 Å². The predicted molar refractivity (Wildman–Crippen MR) is 162 cm³/mol. The number of nitrogens with one attached hydrogen (secondary N) is 1. The topological polar surface area (TPSA) is 80.2 Å². The molecule has 1 heterocycles. The summed E-state index contributed by atoms with van der Waals surface area (Å²) in [7, 11) is 0. The van der Waals surface area contributed by atoms with Gasteiger partial charge in [0, 0.05) is 37.1 Å². The van der Waals surface area contributed by atoms with Gasteiger partial charge in [0.15, 0.2) is 11.6 Å². The minimum atomic E-state index is -1.37. The lowest BCUT2D eigenvalue weighted by Crippen LogP contribution is -2.47. The first-order chi connectivity index (χ1) is 20.5. The normalized spacial score (nSPS) is 17.7. The van der Waals surface area contributed by atoms with Crippen molar-refractivity contribution in [1.29, 1.82) is 0 Å². The molecule has 0 aliphatic carbocycles. The van der Waals surface area contributed by atoms with Crippen molar-refractivity contribution in [2.75, 3.05) is 13.2 Å². The highest BCUT2D eigenvalue weighted by atomic mass is 19.1. The van der Waals surface area contributed by atoms with Gasteiger partial charge in [-0.05, 0) is 47.0 Å². The summed E-state index contributed by atoms with van der Waals surface area (Å²) in [4.78, 5) is 18.9. The van der Waals surface area contributed by atoms with Gasteiger partial charge in [-0.2, -0.15) is 0 Å². The van der Waals surface area contributed by atoms with Crippen molar-refractivity contribution in [3.05, 3.63) is 138 Å². The molecule has 7 heteroatoms. The molecule has 1 amide bonds. The van der Waals surface area contributed by atoms with Gasteiger partial charge >= 0.3 is 0 Å². The number of rotatable bonds is 12. The summed E-state index contributed by atoms with van der Waals surface area (Å²) in [5.74, 6) is 0.189. The molecule has 6 nitrogen and oxygen atoms in total. The fourth-order valence-electron chi connectivity index (χ4n) is 4.99. The molecule has 0 spiro atoms. The lowest BCUT2D eigenvalue weighted by Gasteiger charge is -2.30. The van der Waals surface area contributed by atoms with E-state index in [0.717, 1.165) is 16.7 Å². The van der Waals surface area contributed by atoms with E-state index in [9.17, 15) is 9.18 Å². The first kappa shape index (κ1) is 28.8. The number of aliphatic imine (C=N–C) groups is 1. The van der Waals surface area contributed by atoms with E-state index in [1.54, 1.807) is 36.4 Å². The van der Waals surface area contributed by atoms with E-state index in [0.29, 0.717) is 35.8 Å². The fourth-order valence-corrected chi connectivity index (χ4v) is 4.99. The molecule has 0 saturated heterocycles. The zero-order chi connectivity index (χ0) is 29.4. The van der Waals surface area contributed by atoms with Gasteiger partial charge in [0.1, 0.15) is 11.6 Å². The minimum absolute atomic E-state index is 0.00872. The Morgan fingerprint density at radius 3 is 2.31 bits per heavy atom. The molecule has 0 bridgehead atoms. The standard InChI is InChI=1S/C35H33FN2O4/c1-2-21-35(34(40)37-24-29-11-6-7-12-31(29)36)32(27-15-13-26(14-16-27)25-9-4-3-5-10-25)42-33(38-35)28-17-19-30(20-18-28)41-23-8-22-39/h2-7,9-20,32,39H,1,8,21-24H2,(H,37,40)/t32-,35-/m1/s1. The first-order valence-corrected chi connectivity index (χ1v) is 13.9. The van der Waals surface area contributed by atoms with Crippen molar-refractivity contribution in [1.82, 2.24) is 5.32 Å². The van der Waals surface area contributed by atoms with E-state index in [1.165, 1.54) is 6.07 Å². The van der Waals surface area contributed by atoms with Gasteiger partial charge in [-0.25, -0.2) is 9.38 Å². The molecule has 4 aromatic rings. The number of amides is 1. The van der Waals surface area contributed by atoms with Crippen molar-refractivity contribution < 1.29 is 23.8 Å². The van der Waals surface area contributed by atoms with Gasteiger partial charge < -0.3 is 19.9 Å². The highest BCUT2D eigenvalue weighted by Crippen LogP contribution is 2.43. The van der Waals surface area contributed by atoms with Crippen molar-refractivity contribution in [2.45, 2.75) is 31.0 Å². The van der Waals surface area contributed by atoms with Crippen LogP contribution >= 0.6 is 0 Å². The maximum Gasteiger partial charge on any atom is 0.252 e. The number of aliphatic hydroxyl groups is 1. The molecule has 2 atom stereocenters. The van der Waals surface area contributed by atoms with Crippen molar-refractivity contribution in [3.63, 3.8) is 0 Å². The van der Waals surface area contributed by atoms with E-state index in [1.807, 2.05) is 66.7 Å². The summed E-state index contributed by atoms with van der Waals surface area (Å²) in [6.45, 7) is 4.38. The summed E-state index contributed by atoms with van der Waals surface area (Å²) in [5, 5.41) is 11.9. The molecule has 0 fully saturated rings. The summed E-state index contributed by atoms with van der Waals surface area (Å²) in [5.41, 5.74) is 2.59. The lowest BCUT2D eigenvalue weighted by molar-refractivity contribution is -0.129. The number of hydrogen-bond donors (Lipinski definition) is 2. The quantitative estimate of drug-likeness (QED) is 0.154. The van der Waals surface area contributed by atoms with Gasteiger partial charge in [-0.1, -0.05) is 78.9 Å². The van der Waals surface area contributed by atoms with Crippen LogP contribution < -0.4 is 10.1 Å². The summed E-state index contributed by atoms with van der Waals surface area (Å²) in [6, 6.07) is 31.5. The number of ether oxygens (including phenoxy) is 2. The Hall–Kier alpha value is -4.75. The maximum absolute atomic E-state index is 14.4. The lowest BCUT2D eigenvalue weighted by atomic mass is 9.84. The Labute approximate surface area is 245 Å². The van der Waals surface area contributed by atoms with Crippen LogP contribution in [0.1, 0.15) is 35.6 Å². The van der Waals surface area contributed by atoms with Gasteiger partial charge in [-0.3, -0.25) is 4.79 Å². The van der Waals surface area contributed by atoms with Crippen LogP contribution in [-0.4, -0.2) is 35.7 Å². The number of nitrogens with zero attached hydrogens (tertiary/aromatic N) is 1. The second-order valence-corrected chi connectivity index (χ2v) is 10.0. The third-order valence-corrected chi connectivity index (χ3v) is 7.20. The van der Waals surface area contributed by atoms with Crippen LogP contribution in [0, 0.1) is 5.82 Å². The Morgan fingerprint density at radius 1 is 0.952 bits per heavy atom. The van der Waals surface area contributed by atoms with Crippen LogP contribution in [0.3, 0.4) is 0 Å². The van der Waals surface area contributed by atoms with Crippen LogP contribution in [0.25, 0.3) is 11.1 Å². The second kappa shape index (κ2) is 13.3. The molecular formula is C35H33FN2O4. The molecule has 0 aromatic heterocycles. The Bertz CT molecular complexity index is 1540. The molecule has 0 saturated carbocycles. The minimum Gasteiger partial charge on any atom is -0.494 e. The van der Waals surface area contributed by atoms with E-state index < -0.39 is 17.5 Å². The highest BCUT2D eigenvalue weighted by molar-refractivity contribution is 6.01. The Kier molecular flexibility index (Phi) is 9.09. The third-order valence-electron chi connectivity index (χ3n) is 7.20. The van der Waals surface area contributed by atoms with Crippen LogP contribution in [0.2, 0.25) is 0 Å². The zero-order valence-electron chi connectivity index (χ0n) is 23.2. The number of halogens is 1. The molecule has 1 aliphatic rings. The monoisotopic (exact) mass is 564 g/mol. The first-order valence-electron chi connectivity index (χ1n) is 13.9. The van der Waals surface area contributed by atoms with Gasteiger partial charge in [-0.15, -0.1) is 6.58 Å². The van der Waals surface area contributed by atoms with E-state index in [4.69, 9.17) is 19.6 Å². The summed E-state index contributed by atoms with van der Waals surface area (Å²) in [6.07, 6.45) is 1.64. The number of carbonyl (C=O) groups excluding carboxylic acids is 1. The van der Waals surface area contributed by atoms with Gasteiger partial charge in [0.25, 0.3) is 5.91 Å². The second-order valence-electron chi connectivity index (χ2n) is 10.0. The van der Waals surface area contributed by atoms with Gasteiger partial charge in [0.2, 0.25) is 5.90 Å². The van der Waals surface area contributed by atoms with E-state index >= 15 is 0 Å². The van der Waals surface area contributed by atoms with Crippen molar-refractivity contribution in [2.24, 2.45) is 4.99 Å². The molecule has 1 aliphatic heterocycles. The van der Waals surface area contributed by atoms with Crippen molar-refractivity contribution >= 4 is 11.8 Å². The number of aliphatic hydroxyl groups excluding tert-OH is 1.